The molecular weight excluding hydrogens is 340 g/mol. The van der Waals surface area contributed by atoms with Crippen LogP contribution in [-0.4, -0.2) is 18.5 Å². The summed E-state index contributed by atoms with van der Waals surface area (Å²) in [4.78, 5) is 10.6. The fourth-order valence-corrected chi connectivity index (χ4v) is 2.00. The SMILES string of the molecule is COc1cc(Br)c(Br)c(/C=C(\C)C=O)c1O. The fourth-order valence-electron chi connectivity index (χ4n) is 1.16. The number of carbonyl (C=O) groups excluding carboxylic acids is 1. The molecule has 86 valence electrons. The van der Waals surface area contributed by atoms with E-state index in [1.54, 1.807) is 19.1 Å². The molecule has 0 atom stereocenters. The van der Waals surface area contributed by atoms with Gasteiger partial charge in [-0.05, 0) is 56.5 Å². The number of aldehydes is 1. The van der Waals surface area contributed by atoms with Gasteiger partial charge in [0.25, 0.3) is 0 Å². The van der Waals surface area contributed by atoms with Gasteiger partial charge in [-0.3, -0.25) is 4.79 Å². The highest BCUT2D eigenvalue weighted by Gasteiger charge is 2.13. The van der Waals surface area contributed by atoms with E-state index in [2.05, 4.69) is 31.9 Å². The molecule has 0 aliphatic heterocycles. The van der Waals surface area contributed by atoms with Crippen LogP contribution in [0.2, 0.25) is 0 Å². The van der Waals surface area contributed by atoms with E-state index in [-0.39, 0.29) is 5.75 Å². The zero-order valence-corrected chi connectivity index (χ0v) is 11.9. The predicted molar refractivity (Wildman–Crippen MR) is 69.8 cm³/mol. The first-order chi connectivity index (χ1) is 7.51. The van der Waals surface area contributed by atoms with Crippen LogP contribution in [-0.2, 0) is 4.79 Å². The highest BCUT2D eigenvalue weighted by molar-refractivity contribution is 9.13. The molecule has 0 aliphatic rings. The third-order valence-corrected chi connectivity index (χ3v) is 3.98. The topological polar surface area (TPSA) is 46.5 Å². The van der Waals surface area contributed by atoms with Crippen LogP contribution < -0.4 is 4.74 Å². The summed E-state index contributed by atoms with van der Waals surface area (Å²) in [5.41, 5.74) is 1.02. The summed E-state index contributed by atoms with van der Waals surface area (Å²) in [6, 6.07) is 1.65. The second kappa shape index (κ2) is 5.50. The van der Waals surface area contributed by atoms with E-state index in [1.165, 1.54) is 7.11 Å². The Labute approximate surface area is 110 Å². The zero-order chi connectivity index (χ0) is 12.3. The molecule has 0 spiro atoms. The average molecular weight is 350 g/mol. The Kier molecular flexibility index (Phi) is 4.56. The lowest BCUT2D eigenvalue weighted by Crippen LogP contribution is -1.89. The molecule has 0 aromatic heterocycles. The van der Waals surface area contributed by atoms with Crippen LogP contribution in [0, 0.1) is 0 Å². The number of aromatic hydroxyl groups is 1. The number of carbonyl (C=O) groups is 1. The standard InChI is InChI=1S/C11H10Br2O3/c1-6(5-14)3-7-10(13)8(12)4-9(16-2)11(7)15/h3-5,15H,1-2H3/b6-3+. The molecule has 0 fully saturated rings. The van der Waals surface area contributed by atoms with Crippen molar-refractivity contribution in [3.8, 4) is 11.5 Å². The highest BCUT2D eigenvalue weighted by Crippen LogP contribution is 2.41. The van der Waals surface area contributed by atoms with Crippen molar-refractivity contribution in [3.05, 3.63) is 26.1 Å². The maximum absolute atomic E-state index is 10.6. The van der Waals surface area contributed by atoms with Crippen LogP contribution >= 0.6 is 31.9 Å². The quantitative estimate of drug-likeness (QED) is 0.670. The number of ether oxygens (including phenoxy) is 1. The Morgan fingerprint density at radius 3 is 2.62 bits per heavy atom. The Morgan fingerprint density at radius 1 is 1.50 bits per heavy atom. The Hall–Kier alpha value is -0.810. The first-order valence-electron chi connectivity index (χ1n) is 4.39. The van der Waals surface area contributed by atoms with Crippen LogP contribution in [0.3, 0.4) is 0 Å². The number of phenols is 1. The number of phenolic OH excluding ortho intramolecular Hbond substituents is 1. The van der Waals surface area contributed by atoms with Gasteiger partial charge in [-0.25, -0.2) is 0 Å². The van der Waals surface area contributed by atoms with Crippen LogP contribution in [0.25, 0.3) is 6.08 Å². The lowest BCUT2D eigenvalue weighted by molar-refractivity contribution is -0.104. The van der Waals surface area contributed by atoms with Gasteiger partial charge in [0.2, 0.25) is 0 Å². The predicted octanol–water partition coefficient (Wildman–Crippen LogP) is 3.53. The van der Waals surface area contributed by atoms with Gasteiger partial charge >= 0.3 is 0 Å². The van der Waals surface area contributed by atoms with E-state index < -0.39 is 0 Å². The Bertz CT molecular complexity index is 453. The molecule has 0 bridgehead atoms. The van der Waals surface area contributed by atoms with E-state index in [0.29, 0.717) is 21.4 Å². The molecule has 1 N–H and O–H groups in total. The lowest BCUT2D eigenvalue weighted by Gasteiger charge is -2.10. The fraction of sp³-hybridized carbons (Fsp3) is 0.182. The van der Waals surface area contributed by atoms with Crippen molar-refractivity contribution in [1.29, 1.82) is 0 Å². The second-order valence-electron chi connectivity index (χ2n) is 3.14. The average Bonchev–Trinajstić information content (AvgIpc) is 2.28. The molecule has 1 aromatic carbocycles. The highest BCUT2D eigenvalue weighted by atomic mass is 79.9. The van der Waals surface area contributed by atoms with Crippen molar-refractivity contribution in [2.75, 3.05) is 7.11 Å². The molecule has 1 aromatic rings. The van der Waals surface area contributed by atoms with Gasteiger partial charge in [-0.15, -0.1) is 0 Å². The summed E-state index contributed by atoms with van der Waals surface area (Å²) >= 11 is 6.66. The number of halogens is 2. The summed E-state index contributed by atoms with van der Waals surface area (Å²) in [5, 5.41) is 9.90. The van der Waals surface area contributed by atoms with Crippen molar-refractivity contribution in [2.45, 2.75) is 6.92 Å². The van der Waals surface area contributed by atoms with Gasteiger partial charge in [-0.1, -0.05) is 0 Å². The molecule has 0 amide bonds. The summed E-state index contributed by atoms with van der Waals surface area (Å²) in [6.07, 6.45) is 2.30. The molecule has 0 saturated carbocycles. The molecule has 0 unspecified atom stereocenters. The maximum Gasteiger partial charge on any atom is 0.166 e. The van der Waals surface area contributed by atoms with Crippen molar-refractivity contribution in [1.82, 2.24) is 0 Å². The Balaban J connectivity index is 3.47. The maximum atomic E-state index is 10.6. The molecule has 1 rings (SSSR count). The molecule has 3 nitrogen and oxygen atoms in total. The van der Waals surface area contributed by atoms with Crippen molar-refractivity contribution in [3.63, 3.8) is 0 Å². The third kappa shape index (κ3) is 2.65. The van der Waals surface area contributed by atoms with E-state index in [4.69, 9.17) is 4.74 Å². The molecular formula is C11H10Br2O3. The minimum absolute atomic E-state index is 0.00113. The van der Waals surface area contributed by atoms with Gasteiger partial charge < -0.3 is 9.84 Å². The van der Waals surface area contributed by atoms with E-state index in [1.807, 2.05) is 0 Å². The number of rotatable bonds is 3. The molecule has 0 saturated heterocycles. The lowest BCUT2D eigenvalue weighted by atomic mass is 10.1. The molecule has 0 aliphatic carbocycles. The molecule has 0 radical (unpaired) electrons. The van der Waals surface area contributed by atoms with Gasteiger partial charge in [0, 0.05) is 14.5 Å². The molecule has 5 heteroatoms. The van der Waals surface area contributed by atoms with Crippen molar-refractivity contribution < 1.29 is 14.6 Å². The number of methoxy groups -OCH3 is 1. The summed E-state index contributed by atoms with van der Waals surface area (Å²) < 4.78 is 6.43. The third-order valence-electron chi connectivity index (χ3n) is 1.97. The van der Waals surface area contributed by atoms with Crippen LogP contribution in [0.1, 0.15) is 12.5 Å². The summed E-state index contributed by atoms with van der Waals surface area (Å²) in [7, 11) is 1.47. The molecule has 0 heterocycles. The Morgan fingerprint density at radius 2 is 2.12 bits per heavy atom. The largest absolute Gasteiger partial charge is 0.504 e. The number of hydrogen-bond acceptors (Lipinski definition) is 3. The second-order valence-corrected chi connectivity index (χ2v) is 4.79. The molecule has 16 heavy (non-hydrogen) atoms. The minimum Gasteiger partial charge on any atom is -0.504 e. The monoisotopic (exact) mass is 348 g/mol. The van der Waals surface area contributed by atoms with Gasteiger partial charge in [0.15, 0.2) is 11.5 Å². The first kappa shape index (κ1) is 13.3. The van der Waals surface area contributed by atoms with Crippen molar-refractivity contribution in [2.24, 2.45) is 0 Å². The number of allylic oxidation sites excluding steroid dienone is 1. The van der Waals surface area contributed by atoms with Crippen LogP contribution in [0.4, 0.5) is 0 Å². The smallest absolute Gasteiger partial charge is 0.166 e. The van der Waals surface area contributed by atoms with Crippen molar-refractivity contribution >= 4 is 44.2 Å². The van der Waals surface area contributed by atoms with E-state index in [9.17, 15) is 9.90 Å². The van der Waals surface area contributed by atoms with Gasteiger partial charge in [0.05, 0.1) is 7.11 Å². The zero-order valence-electron chi connectivity index (χ0n) is 8.75. The first-order valence-corrected chi connectivity index (χ1v) is 5.98. The van der Waals surface area contributed by atoms with Gasteiger partial charge in [0.1, 0.15) is 6.29 Å². The normalized spacial score (nSPS) is 11.4. The number of benzene rings is 1. The van der Waals surface area contributed by atoms with Gasteiger partial charge in [-0.2, -0.15) is 0 Å². The summed E-state index contributed by atoms with van der Waals surface area (Å²) in [5.74, 6) is 0.346. The summed E-state index contributed by atoms with van der Waals surface area (Å²) in [6.45, 7) is 1.66. The van der Waals surface area contributed by atoms with E-state index >= 15 is 0 Å². The van der Waals surface area contributed by atoms with Crippen LogP contribution in [0.5, 0.6) is 11.5 Å². The van der Waals surface area contributed by atoms with E-state index in [0.717, 1.165) is 10.8 Å². The van der Waals surface area contributed by atoms with Crippen LogP contribution in [0.15, 0.2) is 20.6 Å². The minimum atomic E-state index is -0.00113. The number of hydrogen-bond donors (Lipinski definition) is 1.